The van der Waals surface area contributed by atoms with Gasteiger partial charge in [0, 0.05) is 33.0 Å². The molecule has 2 aromatic rings. The maximum atomic E-state index is 13.8. The van der Waals surface area contributed by atoms with Crippen LogP contribution in [0.15, 0.2) is 35.5 Å². The molecule has 0 aliphatic heterocycles. The lowest BCUT2D eigenvalue weighted by Gasteiger charge is -2.18. The number of benzene rings is 1. The highest BCUT2D eigenvalue weighted by atomic mass is 32.2. The standard InChI is InChI=1S/C20H24F3N3O4S/c1-25(2)19(27)12-26-11-14(10-24-26)13-4-7-18(17(8-13)20(21,22)23)31(28,29)16-6-5-15(9-16)30-3/h4,7-8,10-11,15-16H,5-6,9,12H2,1-3H3/t15-,16-/m1/s1. The number of methoxy groups -OCH3 is 1. The molecule has 0 saturated heterocycles. The minimum absolute atomic E-state index is 0.0616. The lowest BCUT2D eigenvalue weighted by Crippen LogP contribution is -2.26. The number of hydrogen-bond acceptors (Lipinski definition) is 5. The van der Waals surface area contributed by atoms with Gasteiger partial charge in [-0.25, -0.2) is 8.42 Å². The molecule has 1 aromatic heterocycles. The van der Waals surface area contributed by atoms with Crippen LogP contribution in [0.1, 0.15) is 24.8 Å². The predicted molar refractivity (Wildman–Crippen MR) is 107 cm³/mol. The van der Waals surface area contributed by atoms with E-state index in [9.17, 15) is 26.4 Å². The molecule has 11 heteroatoms. The zero-order valence-electron chi connectivity index (χ0n) is 17.4. The van der Waals surface area contributed by atoms with Gasteiger partial charge in [0.15, 0.2) is 9.84 Å². The number of alkyl halides is 3. The van der Waals surface area contributed by atoms with Crippen molar-refractivity contribution in [2.75, 3.05) is 21.2 Å². The molecule has 2 atom stereocenters. The molecular formula is C20H24F3N3O4S. The third-order valence-electron chi connectivity index (χ3n) is 5.46. The van der Waals surface area contributed by atoms with E-state index in [1.165, 1.54) is 35.2 Å². The normalized spacial score (nSPS) is 19.5. The van der Waals surface area contributed by atoms with E-state index in [4.69, 9.17) is 4.74 Å². The van der Waals surface area contributed by atoms with E-state index in [1.54, 1.807) is 14.1 Å². The van der Waals surface area contributed by atoms with Gasteiger partial charge >= 0.3 is 6.18 Å². The minimum Gasteiger partial charge on any atom is -0.381 e. The van der Waals surface area contributed by atoms with Crippen molar-refractivity contribution in [3.63, 3.8) is 0 Å². The van der Waals surface area contributed by atoms with Crippen molar-refractivity contribution >= 4 is 15.7 Å². The number of carbonyl (C=O) groups is 1. The van der Waals surface area contributed by atoms with Crippen LogP contribution in [0.5, 0.6) is 0 Å². The highest BCUT2D eigenvalue weighted by Gasteiger charge is 2.42. The average Bonchev–Trinajstić information content (AvgIpc) is 3.36. The van der Waals surface area contributed by atoms with Crippen LogP contribution in [0.3, 0.4) is 0 Å². The smallest absolute Gasteiger partial charge is 0.381 e. The largest absolute Gasteiger partial charge is 0.417 e. The summed E-state index contributed by atoms with van der Waals surface area (Å²) in [6, 6.07) is 3.17. The topological polar surface area (TPSA) is 81.5 Å². The lowest BCUT2D eigenvalue weighted by atomic mass is 10.1. The van der Waals surface area contributed by atoms with E-state index < -0.39 is 31.7 Å². The Balaban J connectivity index is 1.97. The number of nitrogens with zero attached hydrogens (tertiary/aromatic N) is 3. The van der Waals surface area contributed by atoms with Gasteiger partial charge in [-0.1, -0.05) is 6.07 Å². The first kappa shape index (κ1) is 23.3. The molecule has 1 amide bonds. The molecule has 0 unspecified atom stereocenters. The molecule has 0 bridgehead atoms. The van der Waals surface area contributed by atoms with Crippen molar-refractivity contribution in [1.82, 2.24) is 14.7 Å². The quantitative estimate of drug-likeness (QED) is 0.664. The maximum absolute atomic E-state index is 13.8. The average molecular weight is 459 g/mol. The van der Waals surface area contributed by atoms with Crippen LogP contribution in [-0.4, -0.2) is 61.6 Å². The highest BCUT2D eigenvalue weighted by Crippen LogP contribution is 2.40. The van der Waals surface area contributed by atoms with E-state index in [2.05, 4.69) is 5.10 Å². The summed E-state index contributed by atoms with van der Waals surface area (Å²) in [5.41, 5.74) is -0.694. The fraction of sp³-hybridized carbons (Fsp3) is 0.500. The van der Waals surface area contributed by atoms with Crippen molar-refractivity contribution in [3.05, 3.63) is 36.2 Å². The number of hydrogen-bond donors (Lipinski definition) is 0. The van der Waals surface area contributed by atoms with E-state index in [1.807, 2.05) is 0 Å². The predicted octanol–water partition coefficient (Wildman–Crippen LogP) is 3.00. The summed E-state index contributed by atoms with van der Waals surface area (Å²) in [6.45, 7) is -0.0616. The number of rotatable bonds is 6. The molecule has 1 fully saturated rings. The first-order valence-corrected chi connectivity index (χ1v) is 11.2. The molecule has 7 nitrogen and oxygen atoms in total. The molecule has 3 rings (SSSR count). The van der Waals surface area contributed by atoms with Crippen LogP contribution in [0, 0.1) is 0 Å². The highest BCUT2D eigenvalue weighted by molar-refractivity contribution is 7.92. The van der Waals surface area contributed by atoms with Gasteiger partial charge in [0.2, 0.25) is 5.91 Å². The molecule has 1 aliphatic carbocycles. The first-order valence-electron chi connectivity index (χ1n) is 9.64. The zero-order chi connectivity index (χ0) is 23.0. The van der Waals surface area contributed by atoms with Crippen LogP contribution in [0.4, 0.5) is 13.2 Å². The van der Waals surface area contributed by atoms with Gasteiger partial charge in [-0.05, 0) is 37.0 Å². The molecule has 31 heavy (non-hydrogen) atoms. The van der Waals surface area contributed by atoms with Gasteiger partial charge in [0.05, 0.1) is 28.0 Å². The zero-order valence-corrected chi connectivity index (χ0v) is 18.2. The molecule has 1 aromatic carbocycles. The van der Waals surface area contributed by atoms with Crippen molar-refractivity contribution < 1.29 is 31.1 Å². The molecule has 0 N–H and O–H groups in total. The number of amides is 1. The number of ether oxygens (including phenoxy) is 1. The molecule has 0 spiro atoms. The fourth-order valence-electron chi connectivity index (χ4n) is 3.63. The van der Waals surface area contributed by atoms with Gasteiger partial charge < -0.3 is 9.64 Å². The second-order valence-electron chi connectivity index (χ2n) is 7.76. The summed E-state index contributed by atoms with van der Waals surface area (Å²) < 4.78 is 73.9. The Labute approximate surface area is 178 Å². The number of likely N-dealkylation sites (N-methyl/N-ethyl adjacent to an activating group) is 1. The van der Waals surface area contributed by atoms with Crippen LogP contribution in [-0.2, 0) is 32.1 Å². The summed E-state index contributed by atoms with van der Waals surface area (Å²) in [5, 5.41) is 3.10. The van der Waals surface area contributed by atoms with E-state index in [0.717, 1.165) is 12.1 Å². The Morgan fingerprint density at radius 3 is 2.55 bits per heavy atom. The molecular weight excluding hydrogens is 435 g/mol. The van der Waals surface area contributed by atoms with Crippen molar-refractivity contribution in [2.24, 2.45) is 0 Å². The Morgan fingerprint density at radius 1 is 1.26 bits per heavy atom. The Bertz CT molecular complexity index is 1060. The third kappa shape index (κ3) is 4.93. The van der Waals surface area contributed by atoms with Crippen molar-refractivity contribution in [3.8, 4) is 11.1 Å². The first-order chi connectivity index (χ1) is 14.4. The molecule has 1 saturated carbocycles. The van der Waals surface area contributed by atoms with Crippen LogP contribution >= 0.6 is 0 Å². The molecule has 0 radical (unpaired) electrons. The molecule has 1 aliphatic rings. The van der Waals surface area contributed by atoms with Crippen LogP contribution in [0.25, 0.3) is 11.1 Å². The van der Waals surface area contributed by atoms with E-state index in [0.29, 0.717) is 12.0 Å². The Morgan fingerprint density at radius 2 is 1.97 bits per heavy atom. The third-order valence-corrected chi connectivity index (χ3v) is 7.74. The Hall–Kier alpha value is -2.40. The fourth-order valence-corrected chi connectivity index (χ4v) is 5.65. The molecule has 1 heterocycles. The second kappa shape index (κ2) is 8.62. The van der Waals surface area contributed by atoms with Gasteiger partial charge in [-0.2, -0.15) is 18.3 Å². The number of carbonyl (C=O) groups excluding carboxylic acids is 1. The minimum atomic E-state index is -4.85. The number of aromatic nitrogens is 2. The van der Waals surface area contributed by atoms with Gasteiger partial charge in [0.25, 0.3) is 0 Å². The van der Waals surface area contributed by atoms with E-state index >= 15 is 0 Å². The van der Waals surface area contributed by atoms with Crippen LogP contribution < -0.4 is 0 Å². The summed E-state index contributed by atoms with van der Waals surface area (Å²) in [5.74, 6) is -0.224. The van der Waals surface area contributed by atoms with Gasteiger partial charge in [0.1, 0.15) is 6.54 Å². The van der Waals surface area contributed by atoms with Crippen LogP contribution in [0.2, 0.25) is 0 Å². The van der Waals surface area contributed by atoms with Gasteiger partial charge in [-0.15, -0.1) is 0 Å². The summed E-state index contributed by atoms with van der Waals surface area (Å²) in [7, 11) is 0.443. The summed E-state index contributed by atoms with van der Waals surface area (Å²) in [6.07, 6.45) is -1.42. The maximum Gasteiger partial charge on any atom is 0.417 e. The SMILES string of the molecule is CO[C@@H]1CC[C@@H](S(=O)(=O)c2ccc(-c3cnn(CC(=O)N(C)C)c3)cc2C(F)(F)F)C1. The van der Waals surface area contributed by atoms with E-state index in [-0.39, 0.29) is 37.0 Å². The van der Waals surface area contributed by atoms with Gasteiger partial charge in [-0.3, -0.25) is 9.48 Å². The Kier molecular flexibility index (Phi) is 6.47. The number of sulfone groups is 1. The monoisotopic (exact) mass is 459 g/mol. The van der Waals surface area contributed by atoms with Crippen molar-refractivity contribution in [2.45, 2.75) is 48.2 Å². The number of halogens is 3. The summed E-state index contributed by atoms with van der Waals surface area (Å²) in [4.78, 5) is 12.5. The summed E-state index contributed by atoms with van der Waals surface area (Å²) >= 11 is 0. The molecule has 170 valence electrons. The second-order valence-corrected chi connectivity index (χ2v) is 9.96. The van der Waals surface area contributed by atoms with Crippen molar-refractivity contribution in [1.29, 1.82) is 0 Å². The lowest BCUT2D eigenvalue weighted by molar-refractivity contribution is -0.139.